The van der Waals surface area contributed by atoms with Crippen LogP contribution >= 0.6 is 11.8 Å². The summed E-state index contributed by atoms with van der Waals surface area (Å²) in [6.07, 6.45) is 1.63. The number of aromatic nitrogens is 3. The molecule has 0 N–H and O–H groups in total. The van der Waals surface area contributed by atoms with Gasteiger partial charge in [-0.1, -0.05) is 41.6 Å². The van der Waals surface area contributed by atoms with Crippen molar-refractivity contribution in [2.75, 3.05) is 26.3 Å². The number of nitrogens with zero attached hydrogens (tertiary/aromatic N) is 4. The summed E-state index contributed by atoms with van der Waals surface area (Å²) < 4.78 is 12.9. The van der Waals surface area contributed by atoms with Crippen molar-refractivity contribution in [3.63, 3.8) is 0 Å². The van der Waals surface area contributed by atoms with E-state index in [2.05, 4.69) is 41.4 Å². The van der Waals surface area contributed by atoms with Crippen LogP contribution in [0.4, 0.5) is 0 Å². The van der Waals surface area contributed by atoms with Crippen LogP contribution in [0.5, 0.6) is 0 Å². The molecular formula is C25H24N4O3S. The number of amides is 1. The first-order valence-electron chi connectivity index (χ1n) is 10.8. The maximum Gasteiger partial charge on any atom is 0.254 e. The zero-order valence-electron chi connectivity index (χ0n) is 18.3. The normalized spacial score (nSPS) is 13.9. The van der Waals surface area contributed by atoms with E-state index in [-0.39, 0.29) is 5.91 Å². The molecule has 0 aliphatic carbocycles. The van der Waals surface area contributed by atoms with E-state index < -0.39 is 0 Å². The monoisotopic (exact) mass is 460 g/mol. The molecule has 1 saturated heterocycles. The number of rotatable bonds is 6. The summed E-state index contributed by atoms with van der Waals surface area (Å²) in [5.41, 5.74) is 3.98. The molecule has 5 rings (SSSR count). The number of hydrogen-bond donors (Lipinski definition) is 0. The summed E-state index contributed by atoms with van der Waals surface area (Å²) in [7, 11) is 0. The fourth-order valence-corrected chi connectivity index (χ4v) is 4.60. The lowest BCUT2D eigenvalue weighted by Crippen LogP contribution is -2.40. The molecule has 1 amide bonds. The minimum Gasteiger partial charge on any atom is -0.461 e. The van der Waals surface area contributed by atoms with Crippen molar-refractivity contribution in [2.45, 2.75) is 17.8 Å². The van der Waals surface area contributed by atoms with Gasteiger partial charge in [-0.05, 0) is 48.9 Å². The largest absolute Gasteiger partial charge is 0.461 e. The maximum atomic E-state index is 12.7. The molecule has 0 bridgehead atoms. The lowest BCUT2D eigenvalue weighted by atomic mass is 10.1. The smallest absolute Gasteiger partial charge is 0.254 e. The Morgan fingerprint density at radius 1 is 1.00 bits per heavy atom. The van der Waals surface area contributed by atoms with Crippen molar-refractivity contribution >= 4 is 17.7 Å². The van der Waals surface area contributed by atoms with E-state index in [1.165, 1.54) is 5.56 Å². The second-order valence-electron chi connectivity index (χ2n) is 7.84. The SMILES string of the molecule is Cc1ccc(-n2c(SCc3ccc(C(=O)N4CCOCC4)cc3)nnc2-c2ccco2)cc1. The Labute approximate surface area is 196 Å². The molecule has 1 aliphatic rings. The molecule has 0 atom stereocenters. The summed E-state index contributed by atoms with van der Waals surface area (Å²) >= 11 is 1.60. The molecule has 3 heterocycles. The summed E-state index contributed by atoms with van der Waals surface area (Å²) in [6.45, 7) is 4.54. The molecule has 4 aromatic rings. The molecule has 168 valence electrons. The van der Waals surface area contributed by atoms with Crippen molar-refractivity contribution in [1.29, 1.82) is 0 Å². The van der Waals surface area contributed by atoms with Crippen LogP contribution in [0.25, 0.3) is 17.3 Å². The Bertz CT molecular complexity index is 1210. The standard InChI is InChI=1S/C25H24N4O3S/c1-18-4-10-21(11-5-18)29-23(22-3-2-14-32-22)26-27-25(29)33-17-19-6-8-20(9-7-19)24(30)28-12-15-31-16-13-28/h2-11,14H,12-13,15-17H2,1H3. The number of morpholine rings is 1. The van der Waals surface area contributed by atoms with Gasteiger partial charge in [0.2, 0.25) is 5.82 Å². The Hall–Kier alpha value is -3.36. The molecule has 33 heavy (non-hydrogen) atoms. The van der Waals surface area contributed by atoms with Crippen LogP contribution in [0.2, 0.25) is 0 Å². The van der Waals surface area contributed by atoms with Crippen molar-refractivity contribution in [2.24, 2.45) is 0 Å². The van der Waals surface area contributed by atoms with E-state index in [4.69, 9.17) is 9.15 Å². The lowest BCUT2D eigenvalue weighted by Gasteiger charge is -2.26. The van der Waals surface area contributed by atoms with Gasteiger partial charge in [0.1, 0.15) is 0 Å². The molecule has 2 aromatic heterocycles. The third kappa shape index (κ3) is 4.72. The van der Waals surface area contributed by atoms with Crippen LogP contribution in [0.1, 0.15) is 21.5 Å². The van der Waals surface area contributed by atoms with Crippen LogP contribution in [0.3, 0.4) is 0 Å². The molecule has 0 spiro atoms. The summed E-state index contributed by atoms with van der Waals surface area (Å²) in [4.78, 5) is 14.5. The third-order valence-electron chi connectivity index (χ3n) is 5.53. The third-order valence-corrected chi connectivity index (χ3v) is 6.53. The van der Waals surface area contributed by atoms with Gasteiger partial charge in [0.05, 0.1) is 19.5 Å². The number of aryl methyl sites for hydroxylation is 1. The van der Waals surface area contributed by atoms with E-state index in [1.54, 1.807) is 18.0 Å². The highest BCUT2D eigenvalue weighted by Crippen LogP contribution is 2.30. The number of benzene rings is 2. The summed E-state index contributed by atoms with van der Waals surface area (Å²) in [5, 5.41) is 9.61. The van der Waals surface area contributed by atoms with Gasteiger partial charge in [-0.25, -0.2) is 0 Å². The maximum absolute atomic E-state index is 12.7. The molecule has 8 heteroatoms. The van der Waals surface area contributed by atoms with Crippen LogP contribution in [-0.2, 0) is 10.5 Å². The Balaban J connectivity index is 1.34. The summed E-state index contributed by atoms with van der Waals surface area (Å²) in [5.74, 6) is 2.09. The molecular weight excluding hydrogens is 436 g/mol. The fraction of sp³-hybridized carbons (Fsp3) is 0.240. The van der Waals surface area contributed by atoms with Gasteiger partial charge in [-0.15, -0.1) is 10.2 Å². The fourth-order valence-electron chi connectivity index (χ4n) is 3.70. The van der Waals surface area contributed by atoms with Crippen molar-refractivity contribution < 1.29 is 13.9 Å². The first kappa shape index (κ1) is 21.5. The Morgan fingerprint density at radius 3 is 2.45 bits per heavy atom. The van der Waals surface area contributed by atoms with Gasteiger partial charge in [-0.3, -0.25) is 9.36 Å². The van der Waals surface area contributed by atoms with Crippen molar-refractivity contribution in [3.8, 4) is 17.3 Å². The Kier molecular flexibility index (Phi) is 6.28. The van der Waals surface area contributed by atoms with Crippen LogP contribution < -0.4 is 0 Å². The highest BCUT2D eigenvalue weighted by molar-refractivity contribution is 7.98. The predicted molar refractivity (Wildman–Crippen MR) is 127 cm³/mol. The number of carbonyl (C=O) groups is 1. The molecule has 0 radical (unpaired) electrons. The zero-order valence-corrected chi connectivity index (χ0v) is 19.1. The number of furan rings is 1. The van der Waals surface area contributed by atoms with Gasteiger partial charge >= 0.3 is 0 Å². The van der Waals surface area contributed by atoms with Crippen LogP contribution in [0.15, 0.2) is 76.5 Å². The molecule has 1 aliphatic heterocycles. The second-order valence-corrected chi connectivity index (χ2v) is 8.79. The summed E-state index contributed by atoms with van der Waals surface area (Å²) in [6, 6.07) is 19.8. The topological polar surface area (TPSA) is 73.4 Å². The van der Waals surface area contributed by atoms with Crippen LogP contribution in [0, 0.1) is 6.92 Å². The number of hydrogen-bond acceptors (Lipinski definition) is 6. The number of ether oxygens (including phenoxy) is 1. The highest BCUT2D eigenvalue weighted by Gasteiger charge is 2.20. The average Bonchev–Trinajstić information content (AvgIpc) is 3.54. The minimum atomic E-state index is 0.0553. The van der Waals surface area contributed by atoms with Gasteiger partial charge in [-0.2, -0.15) is 0 Å². The Morgan fingerprint density at radius 2 is 1.76 bits per heavy atom. The minimum absolute atomic E-state index is 0.0553. The van der Waals surface area contributed by atoms with Crippen molar-refractivity contribution in [1.82, 2.24) is 19.7 Å². The van der Waals surface area contributed by atoms with Gasteiger partial charge < -0.3 is 14.1 Å². The number of thioether (sulfide) groups is 1. The second kappa shape index (κ2) is 9.64. The van der Waals surface area contributed by atoms with Crippen molar-refractivity contribution in [3.05, 3.63) is 83.6 Å². The lowest BCUT2D eigenvalue weighted by molar-refractivity contribution is 0.0303. The predicted octanol–water partition coefficient (Wildman–Crippen LogP) is 4.60. The molecule has 0 unspecified atom stereocenters. The van der Waals surface area contributed by atoms with Gasteiger partial charge in [0.15, 0.2) is 10.9 Å². The van der Waals surface area contributed by atoms with E-state index in [0.29, 0.717) is 49.2 Å². The average molecular weight is 461 g/mol. The van der Waals surface area contributed by atoms with E-state index in [9.17, 15) is 4.79 Å². The first-order valence-corrected chi connectivity index (χ1v) is 11.8. The number of carbonyl (C=O) groups excluding carboxylic acids is 1. The van der Waals surface area contributed by atoms with E-state index in [0.717, 1.165) is 16.4 Å². The molecule has 2 aromatic carbocycles. The quantitative estimate of drug-likeness (QED) is 0.392. The zero-order chi connectivity index (χ0) is 22.6. The van der Waals surface area contributed by atoms with Gasteiger partial charge in [0, 0.05) is 30.1 Å². The van der Waals surface area contributed by atoms with Gasteiger partial charge in [0.25, 0.3) is 5.91 Å². The van der Waals surface area contributed by atoms with Crippen LogP contribution in [-0.4, -0.2) is 51.9 Å². The highest BCUT2D eigenvalue weighted by atomic mass is 32.2. The van der Waals surface area contributed by atoms with E-state index in [1.807, 2.05) is 45.9 Å². The molecule has 7 nitrogen and oxygen atoms in total. The molecule has 1 fully saturated rings. The first-order chi connectivity index (χ1) is 16.2. The molecule has 0 saturated carbocycles. The van der Waals surface area contributed by atoms with E-state index >= 15 is 0 Å².